The molecule has 2 aliphatic rings. The van der Waals surface area contributed by atoms with Crippen LogP contribution in [0.25, 0.3) is 11.1 Å². The molecule has 4 rings (SSSR count). The lowest BCUT2D eigenvalue weighted by Gasteiger charge is -2.43. The molecule has 1 spiro atoms. The monoisotopic (exact) mass is 365 g/mol. The molecule has 2 heterocycles. The molecule has 0 fully saturated rings. The van der Waals surface area contributed by atoms with E-state index in [0.717, 1.165) is 35.3 Å². The first-order valence-corrected chi connectivity index (χ1v) is 8.66. The molecule has 2 aromatic carbocycles. The number of rotatable bonds is 2. The summed E-state index contributed by atoms with van der Waals surface area (Å²) in [5, 5.41) is 0. The zero-order valence-electron chi connectivity index (χ0n) is 15.1. The van der Waals surface area contributed by atoms with E-state index < -0.39 is 17.8 Å². The Morgan fingerprint density at radius 1 is 1.00 bits per heavy atom. The molecule has 0 aliphatic carbocycles. The zero-order valence-corrected chi connectivity index (χ0v) is 15.1. The molecule has 0 saturated heterocycles. The Morgan fingerprint density at radius 2 is 1.67 bits per heavy atom. The van der Waals surface area contributed by atoms with Crippen LogP contribution in [-0.4, -0.2) is 37.5 Å². The van der Waals surface area contributed by atoms with Crippen LogP contribution in [0.4, 0.5) is 0 Å². The number of nitrogens with zero attached hydrogens (tertiary/aromatic N) is 1. The third-order valence-corrected chi connectivity index (χ3v) is 4.90. The molecule has 138 valence electrons. The molecule has 0 unspecified atom stereocenters. The number of hydrogen-bond acceptors (Lipinski definition) is 6. The van der Waals surface area contributed by atoms with E-state index in [0.29, 0.717) is 17.9 Å². The number of ether oxygens (including phenoxy) is 3. The van der Waals surface area contributed by atoms with Gasteiger partial charge in [0, 0.05) is 24.3 Å². The number of likely N-dealkylation sites (N-methyl/N-ethyl adjacent to an activating group) is 1. The van der Waals surface area contributed by atoms with Crippen molar-refractivity contribution >= 4 is 11.9 Å². The van der Waals surface area contributed by atoms with E-state index in [4.69, 9.17) is 14.2 Å². The molecular weight excluding hydrogens is 346 g/mol. The van der Waals surface area contributed by atoms with Crippen LogP contribution in [0.15, 0.2) is 54.6 Å². The van der Waals surface area contributed by atoms with E-state index in [9.17, 15) is 9.59 Å². The van der Waals surface area contributed by atoms with Crippen molar-refractivity contribution in [1.82, 2.24) is 4.90 Å². The van der Waals surface area contributed by atoms with Gasteiger partial charge in [-0.2, -0.15) is 0 Å². The number of carbonyl (C=O) groups excluding carboxylic acids is 2. The van der Waals surface area contributed by atoms with E-state index in [1.54, 1.807) is 19.1 Å². The zero-order chi connectivity index (χ0) is 19.0. The van der Waals surface area contributed by atoms with Crippen LogP contribution in [0.5, 0.6) is 5.75 Å². The number of carbonyl (C=O) groups is 2. The Kier molecular flexibility index (Phi) is 4.20. The SMILES string of the molecule is COc1ccc2c(c1-c1ccccc1)C1(OC(=O)C=CC(=O)O1)N(C)CC2. The first kappa shape index (κ1) is 17.3. The van der Waals surface area contributed by atoms with Gasteiger partial charge in [0.2, 0.25) is 0 Å². The third-order valence-electron chi connectivity index (χ3n) is 4.90. The van der Waals surface area contributed by atoms with E-state index in [1.807, 2.05) is 42.5 Å². The Hall–Kier alpha value is -3.12. The van der Waals surface area contributed by atoms with Gasteiger partial charge in [0.15, 0.2) is 0 Å². The average molecular weight is 365 g/mol. The molecule has 0 amide bonds. The molecular formula is C21H19NO5. The lowest BCUT2D eigenvalue weighted by atomic mass is 9.87. The Morgan fingerprint density at radius 3 is 2.30 bits per heavy atom. The normalized spacial score (nSPS) is 18.4. The minimum atomic E-state index is -1.65. The maximum atomic E-state index is 12.3. The Bertz CT molecular complexity index is 915. The summed E-state index contributed by atoms with van der Waals surface area (Å²) in [6.07, 6.45) is 2.89. The maximum Gasteiger partial charge on any atom is 0.350 e. The summed E-state index contributed by atoms with van der Waals surface area (Å²) >= 11 is 0. The molecule has 0 saturated carbocycles. The summed E-state index contributed by atoms with van der Waals surface area (Å²) in [4.78, 5) is 26.3. The van der Waals surface area contributed by atoms with Gasteiger partial charge in [-0.05, 0) is 30.7 Å². The molecule has 0 bridgehead atoms. The smallest absolute Gasteiger partial charge is 0.350 e. The predicted molar refractivity (Wildman–Crippen MR) is 97.8 cm³/mol. The van der Waals surface area contributed by atoms with Gasteiger partial charge in [0.25, 0.3) is 0 Å². The van der Waals surface area contributed by atoms with Crippen molar-refractivity contribution < 1.29 is 23.8 Å². The molecule has 0 radical (unpaired) electrons. The van der Waals surface area contributed by atoms with Gasteiger partial charge in [0.05, 0.1) is 12.7 Å². The molecule has 0 atom stereocenters. The van der Waals surface area contributed by atoms with Crippen LogP contribution >= 0.6 is 0 Å². The van der Waals surface area contributed by atoms with Gasteiger partial charge in [0.1, 0.15) is 5.75 Å². The number of benzene rings is 2. The van der Waals surface area contributed by atoms with E-state index in [2.05, 4.69) is 0 Å². The fourth-order valence-electron chi connectivity index (χ4n) is 3.64. The highest BCUT2D eigenvalue weighted by molar-refractivity contribution is 5.94. The Labute approximate surface area is 156 Å². The summed E-state index contributed by atoms with van der Waals surface area (Å²) < 4.78 is 17.0. The van der Waals surface area contributed by atoms with Crippen molar-refractivity contribution in [3.63, 3.8) is 0 Å². The number of methoxy groups -OCH3 is 1. The maximum absolute atomic E-state index is 12.3. The van der Waals surface area contributed by atoms with Gasteiger partial charge in [-0.3, -0.25) is 0 Å². The summed E-state index contributed by atoms with van der Waals surface area (Å²) in [6, 6.07) is 13.5. The lowest BCUT2D eigenvalue weighted by molar-refractivity contribution is -0.289. The fourth-order valence-corrected chi connectivity index (χ4v) is 3.64. The van der Waals surface area contributed by atoms with Gasteiger partial charge < -0.3 is 14.2 Å². The quantitative estimate of drug-likeness (QED) is 0.763. The highest BCUT2D eigenvalue weighted by Crippen LogP contribution is 2.47. The lowest BCUT2D eigenvalue weighted by Crippen LogP contribution is -2.53. The molecule has 2 aliphatic heterocycles. The van der Waals surface area contributed by atoms with Crippen LogP contribution in [0, 0.1) is 0 Å². The second kappa shape index (κ2) is 6.55. The topological polar surface area (TPSA) is 65.1 Å². The van der Waals surface area contributed by atoms with Crippen LogP contribution in [0.2, 0.25) is 0 Å². The van der Waals surface area contributed by atoms with Crippen molar-refractivity contribution in [2.45, 2.75) is 12.3 Å². The van der Waals surface area contributed by atoms with Crippen molar-refractivity contribution in [1.29, 1.82) is 0 Å². The average Bonchev–Trinajstić information content (AvgIpc) is 2.83. The summed E-state index contributed by atoms with van der Waals surface area (Å²) in [6.45, 7) is 0.564. The van der Waals surface area contributed by atoms with Crippen LogP contribution in [0.1, 0.15) is 11.1 Å². The molecule has 27 heavy (non-hydrogen) atoms. The molecule has 6 nitrogen and oxygen atoms in total. The highest BCUT2D eigenvalue weighted by atomic mass is 16.8. The van der Waals surface area contributed by atoms with Gasteiger partial charge in [-0.1, -0.05) is 36.4 Å². The largest absolute Gasteiger partial charge is 0.496 e. The minimum absolute atomic E-state index is 0.564. The van der Waals surface area contributed by atoms with Gasteiger partial charge in [-0.15, -0.1) is 0 Å². The van der Waals surface area contributed by atoms with Crippen molar-refractivity contribution in [2.75, 3.05) is 20.7 Å². The number of esters is 2. The van der Waals surface area contributed by atoms with Crippen LogP contribution in [0.3, 0.4) is 0 Å². The van der Waals surface area contributed by atoms with Gasteiger partial charge >= 0.3 is 17.8 Å². The Balaban J connectivity index is 2.04. The number of fused-ring (bicyclic) bond motifs is 2. The summed E-state index contributed by atoms with van der Waals surface area (Å²) in [5.41, 5.74) is 3.18. The third kappa shape index (κ3) is 2.78. The van der Waals surface area contributed by atoms with Crippen LogP contribution in [-0.2, 0) is 31.4 Å². The molecule has 0 aromatic heterocycles. The number of hydrogen-bond donors (Lipinski definition) is 0. The van der Waals surface area contributed by atoms with Crippen molar-refractivity contribution in [3.8, 4) is 16.9 Å². The summed E-state index contributed by atoms with van der Waals surface area (Å²) in [5.74, 6) is -2.31. The minimum Gasteiger partial charge on any atom is -0.496 e. The molecule has 2 aromatic rings. The highest BCUT2D eigenvalue weighted by Gasteiger charge is 2.51. The second-order valence-electron chi connectivity index (χ2n) is 6.47. The van der Waals surface area contributed by atoms with E-state index in [1.165, 1.54) is 0 Å². The first-order valence-electron chi connectivity index (χ1n) is 8.66. The first-order chi connectivity index (χ1) is 13.0. The van der Waals surface area contributed by atoms with E-state index >= 15 is 0 Å². The standard InChI is InChI=1S/C21H19NO5/c1-22-13-12-15-8-9-16(25-2)19(14-6-4-3-5-7-14)20(15)21(22)26-17(23)10-11-18(24)27-21/h3-11H,12-13H2,1-2H3. The van der Waals surface area contributed by atoms with Crippen LogP contribution < -0.4 is 4.74 Å². The summed E-state index contributed by atoms with van der Waals surface area (Å²) in [7, 11) is 3.35. The molecule has 0 N–H and O–H groups in total. The van der Waals surface area contributed by atoms with Gasteiger partial charge in [-0.25, -0.2) is 14.5 Å². The van der Waals surface area contributed by atoms with Crippen molar-refractivity contribution in [3.05, 3.63) is 65.7 Å². The second-order valence-corrected chi connectivity index (χ2v) is 6.47. The van der Waals surface area contributed by atoms with E-state index in [-0.39, 0.29) is 0 Å². The molecule has 6 heteroatoms. The van der Waals surface area contributed by atoms with Crippen molar-refractivity contribution in [2.24, 2.45) is 0 Å². The predicted octanol–water partition coefficient (Wildman–Crippen LogP) is 2.62. The fraction of sp³-hybridized carbons (Fsp3) is 0.238.